The summed E-state index contributed by atoms with van der Waals surface area (Å²) in [5.41, 5.74) is -0.207. The first kappa shape index (κ1) is 16.9. The van der Waals surface area contributed by atoms with Crippen molar-refractivity contribution in [3.05, 3.63) is 23.2 Å². The second kappa shape index (κ2) is 7.70. The van der Waals surface area contributed by atoms with E-state index in [1.54, 1.807) is 18.2 Å². The van der Waals surface area contributed by atoms with Crippen LogP contribution in [0.1, 0.15) is 38.5 Å². The molecule has 0 radical (unpaired) electrons. The first-order chi connectivity index (χ1) is 10.5. The Morgan fingerprint density at radius 1 is 1.32 bits per heavy atom. The number of amides is 2. The molecule has 1 saturated carbocycles. The molecule has 122 valence electrons. The molecule has 1 aromatic rings. The predicted molar refractivity (Wildman–Crippen MR) is 87.7 cm³/mol. The van der Waals surface area contributed by atoms with E-state index in [1.807, 2.05) is 0 Å². The average Bonchev–Trinajstić information content (AvgIpc) is 2.71. The summed E-state index contributed by atoms with van der Waals surface area (Å²) in [5, 5.41) is 16.4. The van der Waals surface area contributed by atoms with Crippen molar-refractivity contribution in [1.29, 1.82) is 0 Å². The summed E-state index contributed by atoms with van der Waals surface area (Å²) >= 11 is 6.02. The van der Waals surface area contributed by atoms with Crippen LogP contribution >= 0.6 is 11.6 Å². The lowest BCUT2D eigenvalue weighted by Crippen LogP contribution is -2.44. The van der Waals surface area contributed by atoms with Crippen molar-refractivity contribution in [3.63, 3.8) is 0 Å². The highest BCUT2D eigenvalue weighted by molar-refractivity contribution is 6.32. The van der Waals surface area contributed by atoms with Crippen LogP contribution in [0, 0.1) is 0 Å². The Labute approximate surface area is 136 Å². The molecule has 0 bridgehead atoms. The molecule has 1 aliphatic carbocycles. The molecule has 2 amide bonds. The van der Waals surface area contributed by atoms with E-state index in [0.29, 0.717) is 16.5 Å². The highest BCUT2D eigenvalue weighted by Gasteiger charge is 2.28. The third kappa shape index (κ3) is 4.78. The summed E-state index contributed by atoms with van der Waals surface area (Å²) in [6, 6.07) is 4.68. The summed E-state index contributed by atoms with van der Waals surface area (Å²) in [7, 11) is 1.54. The second-order valence-corrected chi connectivity index (χ2v) is 6.20. The van der Waals surface area contributed by atoms with E-state index < -0.39 is 5.60 Å². The number of carbonyl (C=O) groups excluding carboxylic acids is 1. The maximum Gasteiger partial charge on any atom is 0.319 e. The van der Waals surface area contributed by atoms with Gasteiger partial charge in [0.2, 0.25) is 0 Å². The summed E-state index contributed by atoms with van der Waals surface area (Å²) in [4.78, 5) is 11.9. The zero-order valence-electron chi connectivity index (χ0n) is 12.8. The summed E-state index contributed by atoms with van der Waals surface area (Å²) in [6.45, 7) is 0.267. The molecule has 0 spiro atoms. The summed E-state index contributed by atoms with van der Waals surface area (Å²) < 4.78 is 5.06. The minimum atomic E-state index is -0.786. The predicted octanol–water partition coefficient (Wildman–Crippen LogP) is 3.56. The third-order valence-electron chi connectivity index (χ3n) is 4.02. The number of ether oxygens (including phenoxy) is 1. The molecule has 0 unspecified atom stereocenters. The van der Waals surface area contributed by atoms with Crippen LogP contribution in [0.15, 0.2) is 18.2 Å². The van der Waals surface area contributed by atoms with Gasteiger partial charge in [-0.05, 0) is 31.0 Å². The number of anilines is 1. The first-order valence-electron chi connectivity index (χ1n) is 7.63. The molecule has 1 aromatic carbocycles. The van der Waals surface area contributed by atoms with Crippen LogP contribution in [-0.2, 0) is 0 Å². The van der Waals surface area contributed by atoms with Crippen molar-refractivity contribution >= 4 is 23.3 Å². The van der Waals surface area contributed by atoms with E-state index in [9.17, 15) is 9.90 Å². The van der Waals surface area contributed by atoms with Crippen LogP contribution in [0.3, 0.4) is 0 Å². The molecule has 0 saturated heterocycles. The molecule has 0 aliphatic heterocycles. The molecule has 3 N–H and O–H groups in total. The first-order valence-corrected chi connectivity index (χ1v) is 8.01. The van der Waals surface area contributed by atoms with Crippen molar-refractivity contribution in [2.24, 2.45) is 0 Å². The van der Waals surface area contributed by atoms with Crippen LogP contribution < -0.4 is 15.4 Å². The molecule has 1 aliphatic rings. The van der Waals surface area contributed by atoms with Gasteiger partial charge in [-0.25, -0.2) is 4.79 Å². The summed E-state index contributed by atoms with van der Waals surface area (Å²) in [5.74, 6) is 0.556. The minimum absolute atomic E-state index is 0.267. The zero-order chi connectivity index (χ0) is 16.0. The fraction of sp³-hybridized carbons (Fsp3) is 0.562. The van der Waals surface area contributed by atoms with E-state index >= 15 is 0 Å². The third-order valence-corrected chi connectivity index (χ3v) is 4.32. The fourth-order valence-corrected chi connectivity index (χ4v) is 2.99. The van der Waals surface area contributed by atoms with Gasteiger partial charge in [0.25, 0.3) is 0 Å². The number of benzene rings is 1. The van der Waals surface area contributed by atoms with Gasteiger partial charge >= 0.3 is 6.03 Å². The van der Waals surface area contributed by atoms with Crippen LogP contribution in [0.2, 0.25) is 5.02 Å². The Bertz CT molecular complexity index is 514. The van der Waals surface area contributed by atoms with Gasteiger partial charge in [0, 0.05) is 12.2 Å². The maximum absolute atomic E-state index is 11.9. The van der Waals surface area contributed by atoms with Gasteiger partial charge in [-0.15, -0.1) is 0 Å². The van der Waals surface area contributed by atoms with Gasteiger partial charge < -0.3 is 20.5 Å². The number of hydrogen-bond acceptors (Lipinski definition) is 3. The number of urea groups is 1. The van der Waals surface area contributed by atoms with Crippen LogP contribution in [0.4, 0.5) is 10.5 Å². The Morgan fingerprint density at radius 2 is 2.00 bits per heavy atom. The van der Waals surface area contributed by atoms with E-state index in [0.717, 1.165) is 38.5 Å². The molecule has 0 atom stereocenters. The van der Waals surface area contributed by atoms with E-state index in [2.05, 4.69) is 10.6 Å². The Kier molecular flexibility index (Phi) is 5.91. The highest BCUT2D eigenvalue weighted by Crippen LogP contribution is 2.28. The number of carbonyl (C=O) groups is 1. The highest BCUT2D eigenvalue weighted by atomic mass is 35.5. The van der Waals surface area contributed by atoms with Crippen LogP contribution in [-0.4, -0.2) is 30.4 Å². The number of rotatable bonds is 4. The van der Waals surface area contributed by atoms with Gasteiger partial charge in [-0.2, -0.15) is 0 Å². The van der Waals surface area contributed by atoms with Crippen molar-refractivity contribution < 1.29 is 14.6 Å². The Morgan fingerprint density at radius 3 is 2.59 bits per heavy atom. The molecule has 1 fully saturated rings. The lowest BCUT2D eigenvalue weighted by molar-refractivity contribution is 0.0281. The normalized spacial score (nSPS) is 17.4. The lowest BCUT2D eigenvalue weighted by atomic mass is 9.95. The van der Waals surface area contributed by atoms with E-state index in [-0.39, 0.29) is 12.6 Å². The number of halogens is 1. The maximum atomic E-state index is 11.9. The molecular formula is C16H23ClN2O3. The van der Waals surface area contributed by atoms with Crippen LogP contribution in [0.5, 0.6) is 5.75 Å². The Hall–Kier alpha value is -1.46. The van der Waals surface area contributed by atoms with Crippen molar-refractivity contribution in [3.8, 4) is 5.75 Å². The van der Waals surface area contributed by atoms with Gasteiger partial charge in [0.05, 0.1) is 17.7 Å². The van der Waals surface area contributed by atoms with E-state index in [4.69, 9.17) is 16.3 Å². The monoisotopic (exact) mass is 326 g/mol. The molecule has 22 heavy (non-hydrogen) atoms. The fourth-order valence-electron chi connectivity index (χ4n) is 2.73. The van der Waals surface area contributed by atoms with Gasteiger partial charge in [0.15, 0.2) is 0 Å². The van der Waals surface area contributed by atoms with Crippen molar-refractivity contribution in [1.82, 2.24) is 5.32 Å². The molecule has 0 aromatic heterocycles. The van der Waals surface area contributed by atoms with Gasteiger partial charge in [-0.3, -0.25) is 0 Å². The SMILES string of the molecule is COc1ccc(NC(=O)NCC2(O)CCCCCC2)cc1Cl. The zero-order valence-corrected chi connectivity index (χ0v) is 13.6. The van der Waals surface area contributed by atoms with Crippen LogP contribution in [0.25, 0.3) is 0 Å². The molecule has 2 rings (SSSR count). The molecule has 0 heterocycles. The second-order valence-electron chi connectivity index (χ2n) is 5.80. The number of aliphatic hydroxyl groups is 1. The van der Waals surface area contributed by atoms with Gasteiger partial charge in [0.1, 0.15) is 5.75 Å². The largest absolute Gasteiger partial charge is 0.495 e. The lowest BCUT2D eigenvalue weighted by Gasteiger charge is -2.26. The molecule has 6 heteroatoms. The quantitative estimate of drug-likeness (QED) is 0.741. The number of nitrogens with one attached hydrogen (secondary N) is 2. The molecular weight excluding hydrogens is 304 g/mol. The minimum Gasteiger partial charge on any atom is -0.495 e. The topological polar surface area (TPSA) is 70.6 Å². The van der Waals surface area contributed by atoms with Gasteiger partial charge in [-0.1, -0.05) is 37.3 Å². The summed E-state index contributed by atoms with van der Waals surface area (Å²) in [6.07, 6.45) is 5.79. The van der Waals surface area contributed by atoms with E-state index in [1.165, 1.54) is 7.11 Å². The van der Waals surface area contributed by atoms with Crippen molar-refractivity contribution in [2.75, 3.05) is 19.0 Å². The Balaban J connectivity index is 1.86. The number of methoxy groups -OCH3 is 1. The number of hydrogen-bond donors (Lipinski definition) is 3. The standard InChI is InChI=1S/C16H23ClN2O3/c1-22-14-7-6-12(10-13(14)17)19-15(20)18-11-16(21)8-4-2-3-5-9-16/h6-7,10,21H,2-5,8-9,11H2,1H3,(H2,18,19,20). The van der Waals surface area contributed by atoms with Crippen molar-refractivity contribution in [2.45, 2.75) is 44.1 Å². The average molecular weight is 327 g/mol. The molecule has 5 nitrogen and oxygen atoms in total. The smallest absolute Gasteiger partial charge is 0.319 e.